The Morgan fingerprint density at radius 1 is 1.20 bits per heavy atom. The number of carbonyl (C=O) groups is 2. The molecule has 6 rings (SSSR count). The Balaban J connectivity index is 1.65. The average Bonchev–Trinajstić information content (AvgIpc) is 3.66. The molecule has 250 valence electrons. The lowest BCUT2D eigenvalue weighted by molar-refractivity contribution is 0.0216. The van der Waals surface area contributed by atoms with Crippen molar-refractivity contribution < 1.29 is 28.2 Å². The number of nitrogens with zero attached hydrogens (tertiary/aromatic N) is 5. The Labute approximate surface area is 279 Å². The van der Waals surface area contributed by atoms with Gasteiger partial charge in [0.05, 0.1) is 28.3 Å². The fraction of sp³-hybridized carbons (Fsp3) is 0.647. The first-order chi connectivity index (χ1) is 21.5. The monoisotopic (exact) mass is 701 g/mol. The van der Waals surface area contributed by atoms with Gasteiger partial charge in [0.15, 0.2) is 5.82 Å². The SMILES string of the molecule is C[C@H](Oc1cc(N(C(=O)OC(C)(C)C)[C@H]2C3CC2N(C(=O)OC(C)(C)C)C3)c2cc(CCC#N)c(Br)c(F)c2n1)C1CCCN1C. The van der Waals surface area contributed by atoms with E-state index in [0.717, 1.165) is 19.4 Å². The van der Waals surface area contributed by atoms with Gasteiger partial charge in [0.2, 0.25) is 5.88 Å². The fourth-order valence-corrected chi connectivity index (χ4v) is 7.44. The molecular formula is C34H45BrFN5O5. The van der Waals surface area contributed by atoms with Crippen LogP contribution in [0.3, 0.4) is 0 Å². The number of likely N-dealkylation sites (tertiary alicyclic amines) is 1. The number of hydrogen-bond donors (Lipinski definition) is 0. The first-order valence-electron chi connectivity index (χ1n) is 16.1. The Bertz CT molecular complexity index is 1550. The highest BCUT2D eigenvalue weighted by molar-refractivity contribution is 9.10. The van der Waals surface area contributed by atoms with Gasteiger partial charge in [-0.05, 0) is 115 Å². The number of amides is 2. The van der Waals surface area contributed by atoms with E-state index in [1.165, 1.54) is 0 Å². The van der Waals surface area contributed by atoms with Gasteiger partial charge in [-0.25, -0.2) is 19.0 Å². The number of benzene rings is 1. The maximum Gasteiger partial charge on any atom is 0.415 e. The molecule has 4 fully saturated rings. The minimum atomic E-state index is -0.820. The summed E-state index contributed by atoms with van der Waals surface area (Å²) in [7, 11) is 2.06. The summed E-state index contributed by atoms with van der Waals surface area (Å²) in [5, 5.41) is 9.66. The van der Waals surface area contributed by atoms with Gasteiger partial charge in [-0.3, -0.25) is 9.80 Å². The van der Waals surface area contributed by atoms with E-state index in [0.29, 0.717) is 36.0 Å². The molecule has 3 unspecified atom stereocenters. The maximum atomic E-state index is 16.2. The Hall–Kier alpha value is -3.17. The zero-order chi connectivity index (χ0) is 33.7. The summed E-state index contributed by atoms with van der Waals surface area (Å²) in [6.45, 7) is 14.2. The smallest absolute Gasteiger partial charge is 0.415 e. The zero-order valence-corrected chi connectivity index (χ0v) is 29.6. The van der Waals surface area contributed by atoms with Crippen LogP contribution in [0, 0.1) is 23.1 Å². The van der Waals surface area contributed by atoms with Gasteiger partial charge in [-0.15, -0.1) is 0 Å². The second-order valence-electron chi connectivity index (χ2n) is 14.7. The summed E-state index contributed by atoms with van der Waals surface area (Å²) >= 11 is 3.39. The molecule has 4 aliphatic rings. The number of nitriles is 1. The zero-order valence-electron chi connectivity index (χ0n) is 28.0. The summed E-state index contributed by atoms with van der Waals surface area (Å²) in [5.74, 6) is -0.448. The molecule has 46 heavy (non-hydrogen) atoms. The van der Waals surface area contributed by atoms with Crippen molar-refractivity contribution in [2.24, 2.45) is 5.92 Å². The number of hydrogen-bond acceptors (Lipinski definition) is 8. The molecule has 5 atom stereocenters. The summed E-state index contributed by atoms with van der Waals surface area (Å²) in [6.07, 6.45) is 1.94. The van der Waals surface area contributed by atoms with Crippen molar-refractivity contribution in [1.82, 2.24) is 14.8 Å². The van der Waals surface area contributed by atoms with Crippen molar-refractivity contribution in [2.75, 3.05) is 25.0 Å². The molecule has 0 spiro atoms. The second kappa shape index (κ2) is 12.8. The van der Waals surface area contributed by atoms with Crippen molar-refractivity contribution in [3.05, 3.63) is 28.0 Å². The lowest BCUT2D eigenvalue weighted by atomic mass is 9.78. The summed E-state index contributed by atoms with van der Waals surface area (Å²) < 4.78 is 34.5. The predicted octanol–water partition coefficient (Wildman–Crippen LogP) is 7.20. The van der Waals surface area contributed by atoms with Crippen LogP contribution in [-0.4, -0.2) is 82.5 Å². The van der Waals surface area contributed by atoms with Gasteiger partial charge in [0.1, 0.15) is 22.8 Å². The van der Waals surface area contributed by atoms with E-state index < -0.39 is 35.2 Å². The molecule has 10 nitrogen and oxygen atoms in total. The van der Waals surface area contributed by atoms with Crippen molar-refractivity contribution in [3.63, 3.8) is 0 Å². The molecule has 2 amide bonds. The maximum absolute atomic E-state index is 16.2. The largest absolute Gasteiger partial charge is 0.473 e. The topological polar surface area (TPSA) is 108 Å². The number of rotatable bonds is 7. The predicted molar refractivity (Wildman–Crippen MR) is 176 cm³/mol. The molecule has 3 saturated heterocycles. The first kappa shape index (κ1) is 34.2. The van der Waals surface area contributed by atoms with Crippen molar-refractivity contribution in [3.8, 4) is 11.9 Å². The van der Waals surface area contributed by atoms with Gasteiger partial charge in [-0.1, -0.05) is 0 Å². The number of ether oxygens (including phenoxy) is 3. The number of pyridine rings is 1. The Kier molecular flexibility index (Phi) is 9.50. The Morgan fingerprint density at radius 3 is 2.50 bits per heavy atom. The van der Waals surface area contributed by atoms with Crippen LogP contribution >= 0.6 is 15.9 Å². The minimum Gasteiger partial charge on any atom is -0.473 e. The lowest BCUT2D eigenvalue weighted by Crippen LogP contribution is -2.58. The van der Waals surface area contributed by atoms with E-state index in [-0.39, 0.29) is 46.4 Å². The first-order valence-corrected chi connectivity index (χ1v) is 16.9. The number of aromatic nitrogens is 1. The van der Waals surface area contributed by atoms with E-state index in [1.807, 2.05) is 27.7 Å². The van der Waals surface area contributed by atoms with Gasteiger partial charge in [0, 0.05) is 36.4 Å². The standard InChI is InChI=1S/C34H45BrFN5O5/c1-19(23-12-10-14-39(23)8)44-26-17-24(22-15-20(11-9-13-37)27(35)28(36)29(22)38-26)41(32(43)46-34(5,6)7)30-21-16-25(30)40(18-21)31(42)45-33(2,3)4/h15,17,19,21,23,25,30H,9-12,14,16,18H2,1-8H3/t19-,21?,23?,25?,30-/m0/s1. The van der Waals surface area contributed by atoms with Crippen LogP contribution < -0.4 is 9.64 Å². The van der Waals surface area contributed by atoms with Crippen LogP contribution in [0.2, 0.25) is 0 Å². The second-order valence-corrected chi connectivity index (χ2v) is 15.5. The highest BCUT2D eigenvalue weighted by Crippen LogP contribution is 2.48. The molecule has 1 aliphatic carbocycles. The molecule has 2 bridgehead atoms. The lowest BCUT2D eigenvalue weighted by Gasteiger charge is -2.44. The highest BCUT2D eigenvalue weighted by Gasteiger charge is 2.59. The van der Waals surface area contributed by atoms with E-state index in [1.54, 1.807) is 42.7 Å². The molecule has 0 N–H and O–H groups in total. The summed E-state index contributed by atoms with van der Waals surface area (Å²) in [6, 6.07) is 5.01. The molecule has 3 aliphatic heterocycles. The number of likely N-dealkylation sites (N-methyl/N-ethyl adjacent to an activating group) is 1. The van der Waals surface area contributed by atoms with Crippen molar-refractivity contribution in [1.29, 1.82) is 5.26 Å². The van der Waals surface area contributed by atoms with Crippen molar-refractivity contribution >= 4 is 44.7 Å². The Morgan fingerprint density at radius 2 is 1.89 bits per heavy atom. The van der Waals surface area contributed by atoms with E-state index in [2.05, 4.69) is 38.9 Å². The molecule has 0 radical (unpaired) electrons. The molecule has 2 aromatic rings. The third-order valence-corrected chi connectivity index (χ3v) is 9.83. The third kappa shape index (κ3) is 6.91. The van der Waals surface area contributed by atoms with E-state index in [9.17, 15) is 14.9 Å². The number of carbonyl (C=O) groups excluding carboxylic acids is 2. The molecular weight excluding hydrogens is 657 g/mol. The number of halogens is 2. The van der Waals surface area contributed by atoms with Crippen LogP contribution in [0.1, 0.15) is 79.7 Å². The summed E-state index contributed by atoms with van der Waals surface area (Å²) in [4.78, 5) is 37.6. The van der Waals surface area contributed by atoms with E-state index >= 15 is 4.39 Å². The quantitative estimate of drug-likeness (QED) is 0.298. The molecule has 1 aromatic carbocycles. The normalized spacial score (nSPS) is 23.5. The average molecular weight is 703 g/mol. The van der Waals surface area contributed by atoms with Gasteiger partial charge >= 0.3 is 12.2 Å². The van der Waals surface area contributed by atoms with Crippen LogP contribution in [0.4, 0.5) is 19.7 Å². The van der Waals surface area contributed by atoms with Gasteiger partial charge < -0.3 is 19.1 Å². The summed E-state index contributed by atoms with van der Waals surface area (Å²) in [5.41, 5.74) is -0.487. The van der Waals surface area contributed by atoms with Gasteiger partial charge in [0.25, 0.3) is 0 Å². The molecule has 4 heterocycles. The number of fused-ring (bicyclic) bond motifs is 2. The minimum absolute atomic E-state index is 0.0382. The molecule has 1 saturated carbocycles. The van der Waals surface area contributed by atoms with Crippen LogP contribution in [0.25, 0.3) is 10.9 Å². The van der Waals surface area contributed by atoms with Crippen LogP contribution in [0.15, 0.2) is 16.6 Å². The third-order valence-electron chi connectivity index (χ3n) is 8.97. The molecule has 12 heteroatoms. The van der Waals surface area contributed by atoms with E-state index in [4.69, 9.17) is 14.2 Å². The fourth-order valence-electron chi connectivity index (χ4n) is 6.94. The van der Waals surface area contributed by atoms with Crippen LogP contribution in [0.5, 0.6) is 5.88 Å². The van der Waals surface area contributed by atoms with Gasteiger partial charge in [-0.2, -0.15) is 5.26 Å². The molecule has 1 aromatic heterocycles. The number of anilines is 1. The van der Waals surface area contributed by atoms with Crippen molar-refractivity contribution in [2.45, 2.75) is 116 Å². The highest BCUT2D eigenvalue weighted by atomic mass is 79.9. The van der Waals surface area contributed by atoms with Crippen LogP contribution in [-0.2, 0) is 15.9 Å². The number of aryl methyl sites for hydroxylation is 1.